The summed E-state index contributed by atoms with van der Waals surface area (Å²) in [5.74, 6) is -0.221. The fraction of sp³-hybridized carbons (Fsp3) is 0.429. The molecule has 0 unspecified atom stereocenters. The summed E-state index contributed by atoms with van der Waals surface area (Å²) in [4.78, 5) is 24.7. The number of fused-ring (bicyclic) bond motifs is 1. The average molecular weight is 245 g/mol. The number of carboxylic acids is 1. The van der Waals surface area contributed by atoms with Gasteiger partial charge in [-0.15, -0.1) is 0 Å². The Morgan fingerprint density at radius 1 is 1.39 bits per heavy atom. The zero-order chi connectivity index (χ0) is 12.7. The third-order valence-electron chi connectivity index (χ3n) is 3.93. The number of carbonyl (C=O) groups is 2. The second kappa shape index (κ2) is 4.12. The van der Waals surface area contributed by atoms with Crippen molar-refractivity contribution in [2.24, 2.45) is 5.92 Å². The quantitative estimate of drug-likeness (QED) is 0.886. The van der Waals surface area contributed by atoms with E-state index in [0.717, 1.165) is 17.8 Å². The Morgan fingerprint density at radius 2 is 2.17 bits per heavy atom. The van der Waals surface area contributed by atoms with Gasteiger partial charge in [0.1, 0.15) is 0 Å². The summed E-state index contributed by atoms with van der Waals surface area (Å²) in [6.07, 6.45) is 4.00. The van der Waals surface area contributed by atoms with E-state index in [2.05, 4.69) is 0 Å². The maximum absolute atomic E-state index is 12.0. The van der Waals surface area contributed by atoms with Gasteiger partial charge in [0.2, 0.25) is 5.91 Å². The fourth-order valence-corrected chi connectivity index (χ4v) is 2.65. The van der Waals surface area contributed by atoms with E-state index in [1.54, 1.807) is 18.2 Å². The van der Waals surface area contributed by atoms with Gasteiger partial charge in [-0.3, -0.25) is 4.79 Å². The third-order valence-corrected chi connectivity index (χ3v) is 3.93. The largest absolute Gasteiger partial charge is 0.478 e. The van der Waals surface area contributed by atoms with E-state index in [0.29, 0.717) is 12.3 Å². The predicted molar refractivity (Wildman–Crippen MR) is 66.8 cm³/mol. The molecule has 0 spiro atoms. The van der Waals surface area contributed by atoms with Gasteiger partial charge in [-0.05, 0) is 42.5 Å². The molecular formula is C14H15NO3. The Hall–Kier alpha value is -1.84. The molecule has 1 aliphatic heterocycles. The van der Waals surface area contributed by atoms with E-state index in [1.807, 2.05) is 4.90 Å². The molecule has 0 radical (unpaired) electrons. The molecule has 0 aromatic heterocycles. The Kier molecular flexibility index (Phi) is 2.58. The van der Waals surface area contributed by atoms with Gasteiger partial charge in [0.25, 0.3) is 0 Å². The van der Waals surface area contributed by atoms with Crippen LogP contribution in [0.4, 0.5) is 5.69 Å². The number of benzene rings is 1. The van der Waals surface area contributed by atoms with Crippen LogP contribution < -0.4 is 4.90 Å². The van der Waals surface area contributed by atoms with Gasteiger partial charge in [0.15, 0.2) is 0 Å². The Labute approximate surface area is 105 Å². The van der Waals surface area contributed by atoms with Crippen molar-refractivity contribution in [3.8, 4) is 0 Å². The maximum Gasteiger partial charge on any atom is 0.335 e. The molecule has 3 rings (SSSR count). The fourth-order valence-electron chi connectivity index (χ4n) is 2.65. The number of carbonyl (C=O) groups excluding carboxylic acids is 1. The van der Waals surface area contributed by atoms with Crippen LogP contribution in [0.1, 0.15) is 35.2 Å². The highest BCUT2D eigenvalue weighted by Crippen LogP contribution is 2.34. The predicted octanol–water partition coefficient (Wildman–Crippen LogP) is 2.07. The molecule has 1 N–H and O–H groups in total. The number of nitrogens with zero attached hydrogens (tertiary/aromatic N) is 1. The van der Waals surface area contributed by atoms with Crippen LogP contribution in [0.5, 0.6) is 0 Å². The first-order chi connectivity index (χ1) is 8.65. The summed E-state index contributed by atoms with van der Waals surface area (Å²) in [5, 5.41) is 8.94. The van der Waals surface area contributed by atoms with Gasteiger partial charge in [-0.25, -0.2) is 4.79 Å². The van der Waals surface area contributed by atoms with Crippen LogP contribution in [-0.2, 0) is 11.2 Å². The molecule has 4 heteroatoms. The molecule has 1 aromatic carbocycles. The van der Waals surface area contributed by atoms with Crippen LogP contribution in [0, 0.1) is 5.92 Å². The van der Waals surface area contributed by atoms with Gasteiger partial charge in [-0.1, -0.05) is 6.42 Å². The molecule has 1 aromatic rings. The van der Waals surface area contributed by atoms with Crippen molar-refractivity contribution >= 4 is 17.6 Å². The smallest absolute Gasteiger partial charge is 0.335 e. The highest BCUT2D eigenvalue weighted by atomic mass is 16.4. The highest BCUT2D eigenvalue weighted by molar-refractivity contribution is 6.02. The van der Waals surface area contributed by atoms with Gasteiger partial charge < -0.3 is 10.0 Å². The highest BCUT2D eigenvalue weighted by Gasteiger charge is 2.31. The lowest BCUT2D eigenvalue weighted by atomic mass is 9.85. The van der Waals surface area contributed by atoms with Crippen molar-refractivity contribution in [3.63, 3.8) is 0 Å². The van der Waals surface area contributed by atoms with Crippen molar-refractivity contribution < 1.29 is 14.7 Å². The molecule has 1 amide bonds. The first-order valence-corrected chi connectivity index (χ1v) is 6.32. The number of aromatic carboxylic acids is 1. The van der Waals surface area contributed by atoms with Crippen LogP contribution in [0.25, 0.3) is 0 Å². The summed E-state index contributed by atoms with van der Waals surface area (Å²) in [5.41, 5.74) is 2.00. The Balaban J connectivity index is 1.87. The van der Waals surface area contributed by atoms with Crippen molar-refractivity contribution in [2.75, 3.05) is 11.4 Å². The summed E-state index contributed by atoms with van der Waals surface area (Å²) in [6, 6.07) is 4.96. The molecule has 0 atom stereocenters. The van der Waals surface area contributed by atoms with Crippen molar-refractivity contribution in [3.05, 3.63) is 29.3 Å². The SMILES string of the molecule is O=C(O)c1ccc2c(c1)CC(=O)N2CC1CCC1. The van der Waals surface area contributed by atoms with E-state index in [1.165, 1.54) is 19.3 Å². The van der Waals surface area contributed by atoms with E-state index < -0.39 is 5.97 Å². The minimum Gasteiger partial charge on any atom is -0.478 e. The van der Waals surface area contributed by atoms with Crippen LogP contribution in [0.2, 0.25) is 0 Å². The topological polar surface area (TPSA) is 57.6 Å². The van der Waals surface area contributed by atoms with Crippen LogP contribution in [0.3, 0.4) is 0 Å². The van der Waals surface area contributed by atoms with Crippen molar-refractivity contribution in [1.29, 1.82) is 0 Å². The molecule has 1 saturated carbocycles. The summed E-state index contributed by atoms with van der Waals surface area (Å²) in [6.45, 7) is 0.790. The van der Waals surface area contributed by atoms with Gasteiger partial charge in [0, 0.05) is 12.2 Å². The number of carboxylic acid groups (broad SMARTS) is 1. The Morgan fingerprint density at radius 3 is 2.78 bits per heavy atom. The molecule has 1 aliphatic carbocycles. The lowest BCUT2D eigenvalue weighted by Crippen LogP contribution is -2.34. The summed E-state index contributed by atoms with van der Waals surface area (Å²) < 4.78 is 0. The van der Waals surface area contributed by atoms with E-state index in [4.69, 9.17) is 5.11 Å². The number of rotatable bonds is 3. The molecule has 1 fully saturated rings. The normalized spacial score (nSPS) is 18.7. The second-order valence-corrected chi connectivity index (χ2v) is 5.13. The minimum atomic E-state index is -0.942. The molecule has 0 bridgehead atoms. The first-order valence-electron chi connectivity index (χ1n) is 6.32. The van der Waals surface area contributed by atoms with Crippen LogP contribution in [-0.4, -0.2) is 23.5 Å². The van der Waals surface area contributed by atoms with E-state index >= 15 is 0 Å². The van der Waals surface area contributed by atoms with E-state index in [9.17, 15) is 9.59 Å². The molecule has 2 aliphatic rings. The molecule has 94 valence electrons. The molecule has 4 nitrogen and oxygen atoms in total. The zero-order valence-electron chi connectivity index (χ0n) is 10.1. The number of anilines is 1. The second-order valence-electron chi connectivity index (χ2n) is 5.13. The maximum atomic E-state index is 12.0. The average Bonchev–Trinajstić information content (AvgIpc) is 2.58. The van der Waals surface area contributed by atoms with Crippen LogP contribution in [0.15, 0.2) is 18.2 Å². The van der Waals surface area contributed by atoms with Crippen molar-refractivity contribution in [1.82, 2.24) is 0 Å². The van der Waals surface area contributed by atoms with Crippen molar-refractivity contribution in [2.45, 2.75) is 25.7 Å². The summed E-state index contributed by atoms with van der Waals surface area (Å²) in [7, 11) is 0. The molecule has 1 heterocycles. The Bertz CT molecular complexity index is 520. The minimum absolute atomic E-state index is 0.0967. The first kappa shape index (κ1) is 11.3. The van der Waals surface area contributed by atoms with E-state index in [-0.39, 0.29) is 11.5 Å². The number of hydrogen-bond donors (Lipinski definition) is 1. The van der Waals surface area contributed by atoms with Crippen LogP contribution >= 0.6 is 0 Å². The lowest BCUT2D eigenvalue weighted by molar-refractivity contribution is -0.117. The molecule has 18 heavy (non-hydrogen) atoms. The summed E-state index contributed by atoms with van der Waals surface area (Å²) >= 11 is 0. The number of hydrogen-bond acceptors (Lipinski definition) is 2. The standard InChI is InChI=1S/C14H15NO3/c16-13-7-11-6-10(14(17)18)4-5-12(11)15(13)8-9-2-1-3-9/h4-6,9H,1-3,7-8H2,(H,17,18). The van der Waals surface area contributed by atoms with Gasteiger partial charge in [-0.2, -0.15) is 0 Å². The molecule has 0 saturated heterocycles. The monoisotopic (exact) mass is 245 g/mol. The van der Waals surface area contributed by atoms with Gasteiger partial charge in [0.05, 0.1) is 12.0 Å². The lowest BCUT2D eigenvalue weighted by Gasteiger charge is -2.30. The molecular weight excluding hydrogens is 230 g/mol. The van der Waals surface area contributed by atoms with Gasteiger partial charge >= 0.3 is 5.97 Å². The third kappa shape index (κ3) is 1.78. The number of amides is 1. The zero-order valence-corrected chi connectivity index (χ0v) is 10.1.